The summed E-state index contributed by atoms with van der Waals surface area (Å²) < 4.78 is 26.3. The molecular weight excluding hydrogens is 372 g/mol. The lowest BCUT2D eigenvalue weighted by atomic mass is 10.0. The van der Waals surface area contributed by atoms with Gasteiger partial charge in [0.25, 0.3) is 0 Å². The fourth-order valence-corrected chi connectivity index (χ4v) is 4.68. The lowest BCUT2D eigenvalue weighted by molar-refractivity contribution is -0.116. The van der Waals surface area contributed by atoms with Crippen LogP contribution >= 0.6 is 0 Å². The summed E-state index contributed by atoms with van der Waals surface area (Å²) in [5.74, 6) is -0.347. The smallest absolute Gasteiger partial charge is 0.248 e. The van der Waals surface area contributed by atoms with Gasteiger partial charge in [-0.15, -0.1) is 0 Å². The van der Waals surface area contributed by atoms with Crippen molar-refractivity contribution in [3.8, 4) is 0 Å². The topological polar surface area (TPSA) is 66.5 Å². The van der Waals surface area contributed by atoms with Gasteiger partial charge in [-0.25, -0.2) is 8.42 Å². The number of nitrogens with zero attached hydrogens (tertiary/aromatic N) is 1. The van der Waals surface area contributed by atoms with Gasteiger partial charge in [-0.05, 0) is 68.0 Å². The predicted octanol–water partition coefficient (Wildman–Crippen LogP) is 4.22. The minimum atomic E-state index is -3.65. The first-order chi connectivity index (χ1) is 13.1. The molecule has 2 aromatic carbocycles. The number of aryl methyl sites for hydroxylation is 4. The Morgan fingerprint density at radius 3 is 1.96 bits per heavy atom. The van der Waals surface area contributed by atoms with E-state index in [-0.39, 0.29) is 5.91 Å². The summed E-state index contributed by atoms with van der Waals surface area (Å²) in [5.41, 5.74) is 5.26. The number of sulfonamides is 1. The molecule has 0 saturated heterocycles. The van der Waals surface area contributed by atoms with Crippen molar-refractivity contribution in [2.45, 2.75) is 53.5 Å². The largest absolute Gasteiger partial charge is 0.324 e. The van der Waals surface area contributed by atoms with Crippen molar-refractivity contribution < 1.29 is 13.2 Å². The Labute approximate surface area is 168 Å². The van der Waals surface area contributed by atoms with Gasteiger partial charge in [0.05, 0.1) is 11.9 Å². The van der Waals surface area contributed by atoms with Crippen LogP contribution in [0.5, 0.6) is 0 Å². The lowest BCUT2D eigenvalue weighted by Crippen LogP contribution is -2.45. The van der Waals surface area contributed by atoms with E-state index in [0.29, 0.717) is 5.69 Å². The quantitative estimate of drug-likeness (QED) is 0.754. The fourth-order valence-electron chi connectivity index (χ4n) is 3.52. The third-order valence-corrected chi connectivity index (χ3v) is 6.04. The van der Waals surface area contributed by atoms with Gasteiger partial charge in [-0.3, -0.25) is 9.10 Å². The van der Waals surface area contributed by atoms with Gasteiger partial charge in [0, 0.05) is 5.69 Å². The molecule has 6 heteroatoms. The molecule has 0 aliphatic rings. The van der Waals surface area contributed by atoms with Crippen molar-refractivity contribution in [1.82, 2.24) is 0 Å². The van der Waals surface area contributed by atoms with Crippen LogP contribution in [0.2, 0.25) is 0 Å². The SMILES string of the molecule is CCc1cccc(CC)c1NC(=O)[C@@H](C)N(c1cc(C)cc(C)c1)S(C)(=O)=O. The molecule has 0 spiro atoms. The molecule has 0 unspecified atom stereocenters. The second kappa shape index (κ2) is 8.78. The number of rotatable bonds is 7. The number of anilines is 2. The van der Waals surface area contributed by atoms with E-state index < -0.39 is 16.1 Å². The highest BCUT2D eigenvalue weighted by molar-refractivity contribution is 7.92. The number of benzene rings is 2. The Morgan fingerprint density at radius 2 is 1.54 bits per heavy atom. The lowest BCUT2D eigenvalue weighted by Gasteiger charge is -2.29. The minimum Gasteiger partial charge on any atom is -0.324 e. The molecule has 1 amide bonds. The number of carbonyl (C=O) groups is 1. The van der Waals surface area contributed by atoms with Crippen molar-refractivity contribution in [1.29, 1.82) is 0 Å². The number of hydrogen-bond donors (Lipinski definition) is 1. The molecule has 0 heterocycles. The van der Waals surface area contributed by atoms with E-state index in [0.717, 1.165) is 47.0 Å². The first kappa shape index (κ1) is 22.0. The van der Waals surface area contributed by atoms with E-state index in [1.807, 2.05) is 52.0 Å². The minimum absolute atomic E-state index is 0.347. The van der Waals surface area contributed by atoms with E-state index >= 15 is 0 Å². The van der Waals surface area contributed by atoms with E-state index in [2.05, 4.69) is 5.32 Å². The molecule has 0 saturated carbocycles. The van der Waals surface area contributed by atoms with E-state index in [9.17, 15) is 13.2 Å². The first-order valence-corrected chi connectivity index (χ1v) is 11.4. The van der Waals surface area contributed by atoms with Crippen LogP contribution in [0.4, 0.5) is 11.4 Å². The summed E-state index contributed by atoms with van der Waals surface area (Å²) in [6.45, 7) is 9.51. The third-order valence-electron chi connectivity index (χ3n) is 4.80. The van der Waals surface area contributed by atoms with Crippen LogP contribution in [-0.4, -0.2) is 26.6 Å². The number of carbonyl (C=O) groups excluding carboxylic acids is 1. The highest BCUT2D eigenvalue weighted by atomic mass is 32.2. The first-order valence-electron chi connectivity index (χ1n) is 9.57. The Morgan fingerprint density at radius 1 is 1.04 bits per heavy atom. The Balaban J connectivity index is 2.44. The van der Waals surface area contributed by atoms with Crippen LogP contribution in [0.15, 0.2) is 36.4 Å². The molecule has 1 N–H and O–H groups in total. The van der Waals surface area contributed by atoms with Crippen LogP contribution < -0.4 is 9.62 Å². The molecule has 0 bridgehead atoms. The predicted molar refractivity (Wildman–Crippen MR) is 117 cm³/mol. The highest BCUT2D eigenvalue weighted by Gasteiger charge is 2.30. The zero-order chi connectivity index (χ0) is 21.1. The number of hydrogen-bond acceptors (Lipinski definition) is 3. The average Bonchev–Trinajstić information content (AvgIpc) is 2.59. The normalized spacial score (nSPS) is 12.5. The zero-order valence-electron chi connectivity index (χ0n) is 17.5. The van der Waals surface area contributed by atoms with Gasteiger partial charge in [-0.1, -0.05) is 38.1 Å². The fraction of sp³-hybridized carbons (Fsp3) is 0.409. The summed E-state index contributed by atoms with van der Waals surface area (Å²) >= 11 is 0. The summed E-state index contributed by atoms with van der Waals surface area (Å²) in [6.07, 6.45) is 2.70. The molecule has 28 heavy (non-hydrogen) atoms. The van der Waals surface area contributed by atoms with Crippen LogP contribution in [-0.2, 0) is 27.7 Å². The second-order valence-corrected chi connectivity index (χ2v) is 9.09. The maximum absolute atomic E-state index is 13.1. The standard InChI is InChI=1S/C22H30N2O3S/c1-7-18-10-9-11-19(8-2)21(18)23-22(25)17(5)24(28(6,26)27)20-13-15(3)12-16(4)14-20/h9-14,17H,7-8H2,1-6H3,(H,23,25)/t17-/m1/s1. The molecule has 2 aromatic rings. The molecular formula is C22H30N2O3S. The Hall–Kier alpha value is -2.34. The molecule has 5 nitrogen and oxygen atoms in total. The van der Waals surface area contributed by atoms with Gasteiger partial charge < -0.3 is 5.32 Å². The molecule has 2 rings (SSSR count). The number of para-hydroxylation sites is 1. The molecule has 0 fully saturated rings. The molecule has 0 aromatic heterocycles. The van der Waals surface area contributed by atoms with Crippen LogP contribution in [0.1, 0.15) is 43.0 Å². The van der Waals surface area contributed by atoms with Crippen molar-refractivity contribution in [2.75, 3.05) is 15.9 Å². The van der Waals surface area contributed by atoms with Gasteiger partial charge >= 0.3 is 0 Å². The van der Waals surface area contributed by atoms with Crippen molar-refractivity contribution in [3.63, 3.8) is 0 Å². The third kappa shape index (κ3) is 4.93. The van der Waals surface area contributed by atoms with Gasteiger partial charge in [-0.2, -0.15) is 0 Å². The van der Waals surface area contributed by atoms with E-state index in [1.165, 1.54) is 4.31 Å². The zero-order valence-corrected chi connectivity index (χ0v) is 18.4. The van der Waals surface area contributed by atoms with E-state index in [4.69, 9.17) is 0 Å². The summed E-state index contributed by atoms with van der Waals surface area (Å²) in [5, 5.41) is 2.99. The number of nitrogens with one attached hydrogen (secondary N) is 1. The van der Waals surface area contributed by atoms with Gasteiger partial charge in [0.15, 0.2) is 0 Å². The van der Waals surface area contributed by atoms with Crippen LogP contribution in [0, 0.1) is 13.8 Å². The second-order valence-electron chi connectivity index (χ2n) is 7.23. The van der Waals surface area contributed by atoms with Crippen molar-refractivity contribution in [3.05, 3.63) is 58.7 Å². The summed E-state index contributed by atoms with van der Waals surface area (Å²) in [7, 11) is -3.65. The summed E-state index contributed by atoms with van der Waals surface area (Å²) in [6, 6.07) is 10.6. The molecule has 0 aliphatic carbocycles. The average molecular weight is 403 g/mol. The number of amides is 1. The maximum Gasteiger partial charge on any atom is 0.248 e. The Bertz CT molecular complexity index is 925. The summed E-state index contributed by atoms with van der Waals surface area (Å²) in [4.78, 5) is 13.1. The molecule has 152 valence electrons. The maximum atomic E-state index is 13.1. The van der Waals surface area contributed by atoms with Crippen LogP contribution in [0.3, 0.4) is 0 Å². The molecule has 1 atom stereocenters. The molecule has 0 radical (unpaired) electrons. The van der Waals surface area contributed by atoms with Crippen LogP contribution in [0.25, 0.3) is 0 Å². The Kier molecular flexibility index (Phi) is 6.88. The van der Waals surface area contributed by atoms with Gasteiger partial charge in [0.2, 0.25) is 15.9 Å². The molecule has 0 aliphatic heterocycles. The van der Waals surface area contributed by atoms with E-state index in [1.54, 1.807) is 19.1 Å². The van der Waals surface area contributed by atoms with Crippen molar-refractivity contribution in [2.24, 2.45) is 0 Å². The van der Waals surface area contributed by atoms with Gasteiger partial charge in [0.1, 0.15) is 6.04 Å². The monoisotopic (exact) mass is 402 g/mol. The highest BCUT2D eigenvalue weighted by Crippen LogP contribution is 2.26. The van der Waals surface area contributed by atoms with Crippen molar-refractivity contribution >= 4 is 27.3 Å².